The van der Waals surface area contributed by atoms with E-state index in [-0.39, 0.29) is 0 Å². The molecule has 6 atom stereocenters. The molecule has 9 nitrogen and oxygen atoms in total. The molecule has 0 spiro atoms. The smallest absolute Gasteiger partial charge is 0.387 e. The molecule has 0 aromatic rings. The van der Waals surface area contributed by atoms with Crippen LogP contribution in [0.25, 0.3) is 0 Å². The van der Waals surface area contributed by atoms with Gasteiger partial charge in [-0.3, -0.25) is 4.52 Å². The van der Waals surface area contributed by atoms with E-state index < -0.39 is 44.4 Å². The first-order chi connectivity index (χ1) is 7.15. The lowest BCUT2D eigenvalue weighted by atomic mass is 9.85. The van der Waals surface area contributed by atoms with Gasteiger partial charge in [0.15, 0.2) is 0 Å². The molecule has 0 radical (unpaired) electrons. The van der Waals surface area contributed by atoms with E-state index in [4.69, 9.17) is 14.9 Å². The fourth-order valence-electron chi connectivity index (χ4n) is 1.48. The second kappa shape index (κ2) is 4.65. The molecular weight excluding hydrogens is 247 g/mol. The number of aliphatic hydroxyl groups is 5. The third-order valence-electron chi connectivity index (χ3n) is 2.33. The number of phosphoric acid groups is 1. The molecule has 0 heterocycles. The maximum absolute atomic E-state index is 10.5. The SMILES string of the molecule is O=P(O)(O)OC1[C@@H](O)[C@@H](O)C(O)[C@H](O)[C@H]1O. The minimum Gasteiger partial charge on any atom is -0.387 e. The van der Waals surface area contributed by atoms with Gasteiger partial charge in [0.1, 0.15) is 36.6 Å². The van der Waals surface area contributed by atoms with Gasteiger partial charge < -0.3 is 35.3 Å². The summed E-state index contributed by atoms with van der Waals surface area (Å²) in [5, 5.41) is 46.1. The Bertz CT molecular complexity index is 274. The highest BCUT2D eigenvalue weighted by atomic mass is 31.2. The number of hydrogen-bond acceptors (Lipinski definition) is 7. The minimum absolute atomic E-state index is 1.83. The Hall–Kier alpha value is -0.0900. The number of phosphoric ester groups is 1. The van der Waals surface area contributed by atoms with Crippen molar-refractivity contribution < 1.29 is 44.4 Å². The molecule has 16 heavy (non-hydrogen) atoms. The summed E-state index contributed by atoms with van der Waals surface area (Å²) in [5.74, 6) is 0. The summed E-state index contributed by atoms with van der Waals surface area (Å²) in [5.41, 5.74) is 0. The summed E-state index contributed by atoms with van der Waals surface area (Å²) in [6.07, 6.45) is -11.3. The van der Waals surface area contributed by atoms with Crippen LogP contribution in [0.2, 0.25) is 0 Å². The molecule has 0 aliphatic heterocycles. The first-order valence-corrected chi connectivity index (χ1v) is 5.82. The third-order valence-corrected chi connectivity index (χ3v) is 2.85. The van der Waals surface area contributed by atoms with E-state index in [1.54, 1.807) is 0 Å². The van der Waals surface area contributed by atoms with Crippen LogP contribution in [0.1, 0.15) is 0 Å². The Kier molecular flexibility index (Phi) is 4.06. The Morgan fingerprint density at radius 3 is 1.38 bits per heavy atom. The quantitative estimate of drug-likeness (QED) is 0.247. The average molecular weight is 260 g/mol. The van der Waals surface area contributed by atoms with Gasteiger partial charge in [0.25, 0.3) is 0 Å². The molecule has 10 heteroatoms. The highest BCUT2D eigenvalue weighted by molar-refractivity contribution is 7.46. The van der Waals surface area contributed by atoms with Crippen LogP contribution in [0.5, 0.6) is 0 Å². The fraction of sp³-hybridized carbons (Fsp3) is 1.00. The molecule has 2 unspecified atom stereocenters. The average Bonchev–Trinajstić information content (AvgIpc) is 2.17. The summed E-state index contributed by atoms with van der Waals surface area (Å²) in [4.78, 5) is 17.0. The number of rotatable bonds is 2. The third kappa shape index (κ3) is 2.77. The van der Waals surface area contributed by atoms with Crippen molar-refractivity contribution in [3.8, 4) is 0 Å². The molecule has 1 saturated carbocycles. The Morgan fingerprint density at radius 2 is 1.06 bits per heavy atom. The molecule has 96 valence electrons. The van der Waals surface area contributed by atoms with E-state index >= 15 is 0 Å². The second-order valence-corrected chi connectivity index (χ2v) is 4.71. The predicted octanol–water partition coefficient (Wildman–Crippen LogP) is -3.72. The summed E-state index contributed by atoms with van der Waals surface area (Å²) in [7, 11) is -5.01. The van der Waals surface area contributed by atoms with E-state index in [1.807, 2.05) is 0 Å². The van der Waals surface area contributed by atoms with Crippen molar-refractivity contribution in [2.24, 2.45) is 0 Å². The molecular formula is C6H13O9P. The molecule has 0 aromatic heterocycles. The largest absolute Gasteiger partial charge is 0.470 e. The monoisotopic (exact) mass is 260 g/mol. The van der Waals surface area contributed by atoms with Crippen LogP contribution in [-0.2, 0) is 9.09 Å². The summed E-state index contributed by atoms with van der Waals surface area (Å²) in [6, 6.07) is 0. The van der Waals surface area contributed by atoms with Crippen molar-refractivity contribution in [3.63, 3.8) is 0 Å². The van der Waals surface area contributed by atoms with Crippen molar-refractivity contribution in [3.05, 3.63) is 0 Å². The molecule has 1 aliphatic carbocycles. The van der Waals surface area contributed by atoms with Crippen LogP contribution in [0, 0.1) is 0 Å². The zero-order chi connectivity index (χ0) is 12.7. The molecule has 0 aromatic carbocycles. The van der Waals surface area contributed by atoms with Crippen LogP contribution >= 0.6 is 7.82 Å². The number of aliphatic hydroxyl groups excluding tert-OH is 5. The standard InChI is InChI=1S/C6H13O9P/c7-1-2(8)4(10)6(5(11)3(1)9)15-16(12,13)14/h1-11H,(H2,12,13,14)/t1?,2-,3-,4-,5+,6?/m0/s1. The van der Waals surface area contributed by atoms with Gasteiger partial charge in [0.2, 0.25) is 0 Å². The Morgan fingerprint density at radius 1 is 0.750 bits per heavy atom. The summed E-state index contributed by atoms with van der Waals surface area (Å²) >= 11 is 0. The first kappa shape index (κ1) is 14.0. The highest BCUT2D eigenvalue weighted by Gasteiger charge is 2.50. The van der Waals surface area contributed by atoms with Crippen LogP contribution in [0.15, 0.2) is 0 Å². The lowest BCUT2D eigenvalue weighted by Gasteiger charge is -2.41. The Labute approximate surface area is 89.8 Å². The van der Waals surface area contributed by atoms with Crippen LogP contribution < -0.4 is 0 Å². The van der Waals surface area contributed by atoms with E-state index in [0.29, 0.717) is 0 Å². The van der Waals surface area contributed by atoms with Crippen LogP contribution in [-0.4, -0.2) is 71.9 Å². The lowest BCUT2D eigenvalue weighted by molar-refractivity contribution is -0.219. The van der Waals surface area contributed by atoms with E-state index in [0.717, 1.165) is 0 Å². The lowest BCUT2D eigenvalue weighted by Crippen LogP contribution is -2.64. The molecule has 1 aliphatic rings. The van der Waals surface area contributed by atoms with Gasteiger partial charge >= 0.3 is 7.82 Å². The summed E-state index contributed by atoms with van der Waals surface area (Å²) in [6.45, 7) is 0. The van der Waals surface area contributed by atoms with Gasteiger partial charge in [-0.1, -0.05) is 0 Å². The van der Waals surface area contributed by atoms with Gasteiger partial charge in [-0.25, -0.2) is 4.57 Å². The van der Waals surface area contributed by atoms with Crippen molar-refractivity contribution in [1.29, 1.82) is 0 Å². The van der Waals surface area contributed by atoms with E-state index in [9.17, 15) is 25.0 Å². The normalized spacial score (nSPS) is 45.7. The molecule has 0 bridgehead atoms. The van der Waals surface area contributed by atoms with Gasteiger partial charge in [-0.15, -0.1) is 0 Å². The first-order valence-electron chi connectivity index (χ1n) is 4.29. The highest BCUT2D eigenvalue weighted by Crippen LogP contribution is 2.41. The van der Waals surface area contributed by atoms with Gasteiger partial charge in [-0.05, 0) is 0 Å². The zero-order valence-corrected chi connectivity index (χ0v) is 8.75. The van der Waals surface area contributed by atoms with E-state index in [1.165, 1.54) is 0 Å². The van der Waals surface area contributed by atoms with Gasteiger partial charge in [0, 0.05) is 0 Å². The topological polar surface area (TPSA) is 168 Å². The van der Waals surface area contributed by atoms with Crippen molar-refractivity contribution in [2.75, 3.05) is 0 Å². The number of hydrogen-bond donors (Lipinski definition) is 7. The molecule has 0 amide bonds. The predicted molar refractivity (Wildman–Crippen MR) is 47.0 cm³/mol. The Balaban J connectivity index is 2.87. The van der Waals surface area contributed by atoms with Crippen molar-refractivity contribution >= 4 is 7.82 Å². The molecule has 1 rings (SSSR count). The van der Waals surface area contributed by atoms with Crippen LogP contribution in [0.4, 0.5) is 0 Å². The van der Waals surface area contributed by atoms with Crippen molar-refractivity contribution in [1.82, 2.24) is 0 Å². The van der Waals surface area contributed by atoms with Gasteiger partial charge in [-0.2, -0.15) is 0 Å². The molecule has 1 fully saturated rings. The second-order valence-electron chi connectivity index (χ2n) is 3.51. The molecule has 7 N–H and O–H groups in total. The zero-order valence-electron chi connectivity index (χ0n) is 7.86. The van der Waals surface area contributed by atoms with Gasteiger partial charge in [0.05, 0.1) is 0 Å². The molecule has 0 saturated heterocycles. The maximum atomic E-state index is 10.5. The summed E-state index contributed by atoms with van der Waals surface area (Å²) < 4.78 is 14.5. The fourth-order valence-corrected chi connectivity index (χ4v) is 2.05. The minimum atomic E-state index is -5.01. The van der Waals surface area contributed by atoms with Crippen LogP contribution in [0.3, 0.4) is 0 Å². The van der Waals surface area contributed by atoms with Crippen molar-refractivity contribution in [2.45, 2.75) is 36.6 Å². The van der Waals surface area contributed by atoms with E-state index in [2.05, 4.69) is 4.52 Å². The maximum Gasteiger partial charge on any atom is 0.470 e.